The predicted molar refractivity (Wildman–Crippen MR) is 97.8 cm³/mol. The Morgan fingerprint density at radius 1 is 0.880 bits per heavy atom. The summed E-state index contributed by atoms with van der Waals surface area (Å²) in [6, 6.07) is 18.9. The molecular weight excluding hydrogens is 334 g/mol. The number of nitrogens with one attached hydrogen (secondary N) is 2. The molecule has 0 radical (unpaired) electrons. The minimum absolute atomic E-state index is 0.194. The summed E-state index contributed by atoms with van der Waals surface area (Å²) >= 11 is 1.36. The fourth-order valence-electron chi connectivity index (χ4n) is 2.21. The van der Waals surface area contributed by atoms with E-state index >= 15 is 0 Å². The van der Waals surface area contributed by atoms with Crippen LogP contribution in [-0.4, -0.2) is 11.8 Å². The number of nitrogens with zero attached hydrogens (tertiary/aromatic N) is 1. The third-order valence-electron chi connectivity index (χ3n) is 3.38. The number of hydrogen-bond donors (Lipinski definition) is 2. The molecule has 2 amide bonds. The fourth-order valence-corrected chi connectivity index (χ4v) is 2.83. The topological polar surface area (TPSA) is 82.0 Å². The maximum atomic E-state index is 12.3. The smallest absolute Gasteiger partial charge is 0.265 e. The van der Waals surface area contributed by atoms with E-state index in [1.807, 2.05) is 17.5 Å². The van der Waals surface area contributed by atoms with Crippen molar-refractivity contribution in [3.63, 3.8) is 0 Å². The molecule has 25 heavy (non-hydrogen) atoms. The highest BCUT2D eigenvalue weighted by Crippen LogP contribution is 2.18. The lowest BCUT2D eigenvalue weighted by Gasteiger charge is -2.08. The number of amides is 2. The molecule has 0 saturated carbocycles. The van der Waals surface area contributed by atoms with E-state index in [2.05, 4.69) is 10.6 Å². The molecule has 6 heteroatoms. The molecule has 122 valence electrons. The molecule has 1 aromatic heterocycles. The van der Waals surface area contributed by atoms with Crippen LogP contribution in [0, 0.1) is 11.3 Å². The van der Waals surface area contributed by atoms with Crippen molar-refractivity contribution in [2.75, 3.05) is 10.6 Å². The lowest BCUT2D eigenvalue weighted by Crippen LogP contribution is -2.13. The summed E-state index contributed by atoms with van der Waals surface area (Å²) in [4.78, 5) is 25.0. The molecule has 3 aromatic rings. The first-order valence-electron chi connectivity index (χ1n) is 7.42. The fraction of sp³-hybridized carbons (Fsp3) is 0. The van der Waals surface area contributed by atoms with Crippen molar-refractivity contribution in [3.05, 3.63) is 82.0 Å². The number of thiophene rings is 1. The van der Waals surface area contributed by atoms with Gasteiger partial charge in [0.2, 0.25) is 0 Å². The Morgan fingerprint density at radius 2 is 1.60 bits per heavy atom. The van der Waals surface area contributed by atoms with Gasteiger partial charge in [0.1, 0.15) is 0 Å². The number of carbonyl (C=O) groups is 2. The summed E-state index contributed by atoms with van der Waals surface area (Å²) in [5.74, 6) is -0.515. The van der Waals surface area contributed by atoms with Crippen molar-refractivity contribution in [3.8, 4) is 6.07 Å². The largest absolute Gasteiger partial charge is 0.322 e. The summed E-state index contributed by atoms with van der Waals surface area (Å²) in [5, 5.41) is 16.3. The van der Waals surface area contributed by atoms with Gasteiger partial charge in [0.25, 0.3) is 11.8 Å². The average Bonchev–Trinajstić information content (AvgIpc) is 3.17. The molecule has 2 aromatic carbocycles. The highest BCUT2D eigenvalue weighted by atomic mass is 32.1. The Hall–Kier alpha value is -3.43. The van der Waals surface area contributed by atoms with Gasteiger partial charge in [-0.15, -0.1) is 11.3 Å². The zero-order valence-corrected chi connectivity index (χ0v) is 13.8. The number of benzene rings is 2. The van der Waals surface area contributed by atoms with Crippen molar-refractivity contribution in [2.24, 2.45) is 0 Å². The molecule has 0 unspecified atom stereocenters. The molecule has 1 heterocycles. The first-order chi connectivity index (χ1) is 12.2. The molecule has 0 aliphatic heterocycles. The van der Waals surface area contributed by atoms with Gasteiger partial charge in [0.05, 0.1) is 16.5 Å². The van der Waals surface area contributed by atoms with Gasteiger partial charge in [-0.25, -0.2) is 0 Å². The quantitative estimate of drug-likeness (QED) is 0.744. The van der Waals surface area contributed by atoms with Crippen LogP contribution in [-0.2, 0) is 0 Å². The molecule has 5 nitrogen and oxygen atoms in total. The van der Waals surface area contributed by atoms with Crippen molar-refractivity contribution < 1.29 is 9.59 Å². The molecule has 0 bridgehead atoms. The lowest BCUT2D eigenvalue weighted by atomic mass is 10.1. The number of rotatable bonds is 4. The minimum atomic E-state index is -0.321. The number of nitriles is 1. The third kappa shape index (κ3) is 4.10. The van der Waals surface area contributed by atoms with E-state index < -0.39 is 0 Å². The lowest BCUT2D eigenvalue weighted by molar-refractivity contribution is 0.102. The van der Waals surface area contributed by atoms with Crippen LogP contribution in [0.2, 0.25) is 0 Å². The normalized spacial score (nSPS) is 9.88. The summed E-state index contributed by atoms with van der Waals surface area (Å²) in [6.07, 6.45) is 0. The van der Waals surface area contributed by atoms with Crippen molar-refractivity contribution in [1.82, 2.24) is 0 Å². The second-order valence-corrected chi connectivity index (χ2v) is 6.11. The van der Waals surface area contributed by atoms with Crippen LogP contribution >= 0.6 is 11.3 Å². The molecule has 0 saturated heterocycles. The molecule has 0 atom stereocenters. The highest BCUT2D eigenvalue weighted by molar-refractivity contribution is 7.12. The van der Waals surface area contributed by atoms with Crippen molar-refractivity contribution in [1.29, 1.82) is 5.26 Å². The van der Waals surface area contributed by atoms with E-state index in [1.54, 1.807) is 48.5 Å². The number of anilines is 2. The Kier molecular flexibility index (Phi) is 4.88. The van der Waals surface area contributed by atoms with Crippen molar-refractivity contribution in [2.45, 2.75) is 0 Å². The maximum Gasteiger partial charge on any atom is 0.265 e. The van der Waals surface area contributed by atoms with Gasteiger partial charge >= 0.3 is 0 Å². The zero-order chi connectivity index (χ0) is 17.6. The monoisotopic (exact) mass is 347 g/mol. The SMILES string of the molecule is N#Cc1cccc(C(=O)Nc2cccc(NC(=O)c3cccs3)c2)c1. The Morgan fingerprint density at radius 3 is 2.28 bits per heavy atom. The predicted octanol–water partition coefficient (Wildman–Crippen LogP) is 4.12. The average molecular weight is 347 g/mol. The minimum Gasteiger partial charge on any atom is -0.322 e. The first-order valence-corrected chi connectivity index (χ1v) is 8.30. The molecule has 0 aliphatic carbocycles. The highest BCUT2D eigenvalue weighted by Gasteiger charge is 2.09. The van der Waals surface area contributed by atoms with E-state index in [0.29, 0.717) is 27.4 Å². The van der Waals surface area contributed by atoms with E-state index in [4.69, 9.17) is 5.26 Å². The Labute approximate surface area is 148 Å². The molecule has 0 spiro atoms. The zero-order valence-electron chi connectivity index (χ0n) is 13.0. The molecule has 0 fully saturated rings. The third-order valence-corrected chi connectivity index (χ3v) is 4.25. The maximum absolute atomic E-state index is 12.3. The standard InChI is InChI=1S/C19H13N3O2S/c20-12-13-4-1-5-14(10-13)18(23)21-15-6-2-7-16(11-15)22-19(24)17-8-3-9-25-17/h1-11H,(H,21,23)(H,22,24). The molecular formula is C19H13N3O2S. The second-order valence-electron chi connectivity index (χ2n) is 5.16. The van der Waals surface area contributed by atoms with Crippen LogP contribution in [0.5, 0.6) is 0 Å². The number of hydrogen-bond acceptors (Lipinski definition) is 4. The van der Waals surface area contributed by atoms with Gasteiger partial charge in [0, 0.05) is 16.9 Å². The molecule has 0 aliphatic rings. The van der Waals surface area contributed by atoms with Gasteiger partial charge in [-0.05, 0) is 47.8 Å². The summed E-state index contributed by atoms with van der Waals surface area (Å²) in [6.45, 7) is 0. The number of carbonyl (C=O) groups excluding carboxylic acids is 2. The van der Waals surface area contributed by atoms with E-state index in [9.17, 15) is 9.59 Å². The van der Waals surface area contributed by atoms with Crippen LogP contribution < -0.4 is 10.6 Å². The van der Waals surface area contributed by atoms with Crippen molar-refractivity contribution >= 4 is 34.5 Å². The summed E-state index contributed by atoms with van der Waals surface area (Å²) in [5.41, 5.74) is 1.95. The van der Waals surface area contributed by atoms with Crippen LogP contribution in [0.25, 0.3) is 0 Å². The van der Waals surface area contributed by atoms with E-state index in [0.717, 1.165) is 0 Å². The van der Waals surface area contributed by atoms with Gasteiger partial charge in [-0.2, -0.15) is 5.26 Å². The van der Waals surface area contributed by atoms with Crippen LogP contribution in [0.1, 0.15) is 25.6 Å². The van der Waals surface area contributed by atoms with Gasteiger partial charge < -0.3 is 10.6 Å². The molecule has 2 N–H and O–H groups in total. The first kappa shape index (κ1) is 16.4. The van der Waals surface area contributed by atoms with Crippen LogP contribution in [0.15, 0.2) is 66.0 Å². The van der Waals surface area contributed by atoms with Crippen LogP contribution in [0.4, 0.5) is 11.4 Å². The van der Waals surface area contributed by atoms with Crippen LogP contribution in [0.3, 0.4) is 0 Å². The molecule has 3 rings (SSSR count). The van der Waals surface area contributed by atoms with Gasteiger partial charge in [0.15, 0.2) is 0 Å². The summed E-state index contributed by atoms with van der Waals surface area (Å²) in [7, 11) is 0. The van der Waals surface area contributed by atoms with E-state index in [-0.39, 0.29) is 11.8 Å². The Balaban J connectivity index is 1.72. The van der Waals surface area contributed by atoms with E-state index in [1.165, 1.54) is 17.4 Å². The summed E-state index contributed by atoms with van der Waals surface area (Å²) < 4.78 is 0. The van der Waals surface area contributed by atoms with Gasteiger partial charge in [-0.3, -0.25) is 9.59 Å². The van der Waals surface area contributed by atoms with Gasteiger partial charge in [-0.1, -0.05) is 18.2 Å². The Bertz CT molecular complexity index is 959. The second kappa shape index (κ2) is 7.43.